The van der Waals surface area contributed by atoms with Crippen LogP contribution in [0.2, 0.25) is 5.02 Å². The summed E-state index contributed by atoms with van der Waals surface area (Å²) in [6.07, 6.45) is 3.53. The van der Waals surface area contributed by atoms with Gasteiger partial charge < -0.3 is 20.8 Å². The lowest BCUT2D eigenvalue weighted by Crippen LogP contribution is -2.47. The van der Waals surface area contributed by atoms with Crippen molar-refractivity contribution >= 4 is 29.1 Å². The van der Waals surface area contributed by atoms with Gasteiger partial charge in [-0.15, -0.1) is 0 Å². The maximum Gasteiger partial charge on any atom is 0.239 e. The van der Waals surface area contributed by atoms with Gasteiger partial charge in [0.1, 0.15) is 5.65 Å². The van der Waals surface area contributed by atoms with Crippen LogP contribution in [0, 0.1) is 5.92 Å². The molecule has 23 heavy (non-hydrogen) atoms. The van der Waals surface area contributed by atoms with E-state index in [4.69, 9.17) is 17.3 Å². The highest BCUT2D eigenvalue weighted by Crippen LogP contribution is 2.11. The molecule has 0 radical (unpaired) electrons. The maximum atomic E-state index is 11.8. The number of halogens is 1. The van der Waals surface area contributed by atoms with Crippen molar-refractivity contribution < 1.29 is 9.59 Å². The van der Waals surface area contributed by atoms with Gasteiger partial charge in [0.15, 0.2) is 0 Å². The maximum absolute atomic E-state index is 11.8. The molecule has 2 aromatic heterocycles. The fourth-order valence-electron chi connectivity index (χ4n) is 1.94. The molecular weight excluding hydrogens is 318 g/mol. The summed E-state index contributed by atoms with van der Waals surface area (Å²) < 4.78 is 1.78. The number of nitrogens with two attached hydrogens (primary N) is 1. The fraction of sp³-hybridized carbons (Fsp3) is 0.400. The van der Waals surface area contributed by atoms with Crippen molar-refractivity contribution in [2.75, 3.05) is 6.54 Å². The summed E-state index contributed by atoms with van der Waals surface area (Å²) in [5, 5.41) is 5.82. The van der Waals surface area contributed by atoms with Crippen molar-refractivity contribution in [2.24, 2.45) is 11.7 Å². The van der Waals surface area contributed by atoms with E-state index >= 15 is 0 Å². The van der Waals surface area contributed by atoms with E-state index in [1.807, 2.05) is 13.8 Å². The summed E-state index contributed by atoms with van der Waals surface area (Å²) in [6.45, 7) is 3.85. The molecule has 0 aliphatic carbocycles. The van der Waals surface area contributed by atoms with Crippen molar-refractivity contribution in [2.45, 2.75) is 26.4 Å². The first-order chi connectivity index (χ1) is 10.9. The number of hydrogen-bond acceptors (Lipinski definition) is 4. The van der Waals surface area contributed by atoms with Crippen LogP contribution in [0.15, 0.2) is 24.5 Å². The number of amides is 2. The Morgan fingerprint density at radius 2 is 2.04 bits per heavy atom. The highest BCUT2D eigenvalue weighted by atomic mass is 35.5. The summed E-state index contributed by atoms with van der Waals surface area (Å²) >= 11 is 5.91. The van der Waals surface area contributed by atoms with Crippen LogP contribution in [-0.2, 0) is 16.1 Å². The first-order valence-electron chi connectivity index (χ1n) is 7.30. The Kier molecular flexibility index (Phi) is 5.57. The molecule has 124 valence electrons. The number of nitrogens with one attached hydrogen (secondary N) is 2. The van der Waals surface area contributed by atoms with Crippen LogP contribution in [-0.4, -0.2) is 33.8 Å². The molecule has 0 saturated carbocycles. The first-order valence-corrected chi connectivity index (χ1v) is 7.67. The van der Waals surface area contributed by atoms with E-state index in [0.29, 0.717) is 10.7 Å². The average Bonchev–Trinajstić information content (AvgIpc) is 2.91. The number of hydrogen-bond donors (Lipinski definition) is 3. The summed E-state index contributed by atoms with van der Waals surface area (Å²) in [5.41, 5.74) is 7.14. The highest BCUT2D eigenvalue weighted by Gasteiger charge is 2.17. The number of imidazole rings is 1. The van der Waals surface area contributed by atoms with Gasteiger partial charge >= 0.3 is 0 Å². The molecule has 8 heteroatoms. The van der Waals surface area contributed by atoms with Gasteiger partial charge in [-0.25, -0.2) is 4.98 Å². The van der Waals surface area contributed by atoms with Gasteiger partial charge in [0, 0.05) is 12.4 Å². The number of carbonyl (C=O) groups is 2. The zero-order valence-electron chi connectivity index (χ0n) is 13.0. The van der Waals surface area contributed by atoms with Crippen molar-refractivity contribution in [3.05, 3.63) is 35.2 Å². The van der Waals surface area contributed by atoms with Crippen LogP contribution in [0.25, 0.3) is 5.65 Å². The minimum absolute atomic E-state index is 0.0165. The van der Waals surface area contributed by atoms with Crippen LogP contribution >= 0.6 is 11.6 Å². The van der Waals surface area contributed by atoms with Gasteiger partial charge in [0.2, 0.25) is 11.8 Å². The zero-order valence-corrected chi connectivity index (χ0v) is 13.8. The molecule has 2 amide bonds. The number of carbonyl (C=O) groups excluding carboxylic acids is 2. The molecule has 0 aliphatic heterocycles. The van der Waals surface area contributed by atoms with Gasteiger partial charge in [-0.2, -0.15) is 0 Å². The predicted molar refractivity (Wildman–Crippen MR) is 87.9 cm³/mol. The minimum Gasteiger partial charge on any atom is -0.349 e. The number of nitrogens with zero attached hydrogens (tertiary/aromatic N) is 2. The smallest absolute Gasteiger partial charge is 0.239 e. The molecule has 0 spiro atoms. The molecule has 7 nitrogen and oxygen atoms in total. The van der Waals surface area contributed by atoms with E-state index in [0.717, 1.165) is 5.65 Å². The molecular formula is C15H20ClN5O2. The molecule has 0 bridgehead atoms. The van der Waals surface area contributed by atoms with Crippen LogP contribution in [0.1, 0.15) is 19.5 Å². The van der Waals surface area contributed by atoms with Gasteiger partial charge in [-0.1, -0.05) is 25.4 Å². The van der Waals surface area contributed by atoms with Crippen molar-refractivity contribution in [3.63, 3.8) is 0 Å². The number of pyridine rings is 1. The molecule has 2 heterocycles. The van der Waals surface area contributed by atoms with Gasteiger partial charge in [0.05, 0.1) is 29.8 Å². The normalized spacial score (nSPS) is 12.4. The standard InChI is InChI=1S/C15H20ClN5O2/c1-9(2)14(17)15(23)19-6-13(22)18-5-11-8-21-7-10(16)3-4-12(21)20-11/h3-4,7-9,14H,5-6,17H2,1-2H3,(H,18,22)(H,19,23)/t14-/m0/s1. The molecule has 2 rings (SSSR count). The van der Waals surface area contributed by atoms with E-state index in [2.05, 4.69) is 15.6 Å². The van der Waals surface area contributed by atoms with Crippen LogP contribution < -0.4 is 16.4 Å². The third-order valence-electron chi connectivity index (χ3n) is 3.38. The summed E-state index contributed by atoms with van der Waals surface area (Å²) in [5.74, 6) is -0.621. The molecule has 2 aromatic rings. The number of rotatable bonds is 6. The van der Waals surface area contributed by atoms with E-state index in [9.17, 15) is 9.59 Å². The van der Waals surface area contributed by atoms with Crippen LogP contribution in [0.4, 0.5) is 0 Å². The monoisotopic (exact) mass is 337 g/mol. The van der Waals surface area contributed by atoms with E-state index in [1.165, 1.54) is 0 Å². The van der Waals surface area contributed by atoms with E-state index < -0.39 is 6.04 Å². The summed E-state index contributed by atoms with van der Waals surface area (Å²) in [4.78, 5) is 27.8. The van der Waals surface area contributed by atoms with Crippen molar-refractivity contribution in [1.82, 2.24) is 20.0 Å². The van der Waals surface area contributed by atoms with Crippen LogP contribution in [0.3, 0.4) is 0 Å². The Morgan fingerprint density at radius 1 is 1.30 bits per heavy atom. The molecule has 0 aromatic carbocycles. The first kappa shape index (κ1) is 17.2. The largest absolute Gasteiger partial charge is 0.349 e. The SMILES string of the molecule is CC(C)[C@H](N)C(=O)NCC(=O)NCc1cn2cc(Cl)ccc2n1. The predicted octanol–water partition coefficient (Wildman–Crippen LogP) is 0.703. The Hall–Kier alpha value is -2.12. The van der Waals surface area contributed by atoms with Crippen molar-refractivity contribution in [1.29, 1.82) is 0 Å². The van der Waals surface area contributed by atoms with E-state index in [-0.39, 0.29) is 30.8 Å². The minimum atomic E-state index is -0.619. The molecule has 4 N–H and O–H groups in total. The van der Waals surface area contributed by atoms with Crippen molar-refractivity contribution in [3.8, 4) is 0 Å². The summed E-state index contributed by atoms with van der Waals surface area (Å²) in [7, 11) is 0. The molecule has 0 aliphatic rings. The van der Waals surface area contributed by atoms with Gasteiger partial charge in [0.25, 0.3) is 0 Å². The third-order valence-corrected chi connectivity index (χ3v) is 3.60. The summed E-state index contributed by atoms with van der Waals surface area (Å²) in [6, 6.07) is 2.92. The third kappa shape index (κ3) is 4.67. The topological polar surface area (TPSA) is 102 Å². The zero-order chi connectivity index (χ0) is 17.0. The Balaban J connectivity index is 1.82. The number of fused-ring (bicyclic) bond motifs is 1. The molecule has 0 fully saturated rings. The van der Waals surface area contributed by atoms with E-state index in [1.54, 1.807) is 28.9 Å². The Labute approximate surface area is 139 Å². The second kappa shape index (κ2) is 7.43. The lowest BCUT2D eigenvalue weighted by molar-refractivity contribution is -0.127. The average molecular weight is 338 g/mol. The highest BCUT2D eigenvalue weighted by molar-refractivity contribution is 6.30. The molecule has 0 saturated heterocycles. The molecule has 1 atom stereocenters. The quantitative estimate of drug-likeness (QED) is 0.722. The lowest BCUT2D eigenvalue weighted by atomic mass is 10.1. The van der Waals surface area contributed by atoms with Crippen LogP contribution in [0.5, 0.6) is 0 Å². The fourth-order valence-corrected chi connectivity index (χ4v) is 2.11. The van der Waals surface area contributed by atoms with Gasteiger partial charge in [-0.3, -0.25) is 9.59 Å². The molecule has 0 unspecified atom stereocenters. The number of aromatic nitrogens is 2. The van der Waals surface area contributed by atoms with Gasteiger partial charge in [-0.05, 0) is 18.1 Å². The second-order valence-electron chi connectivity index (χ2n) is 5.61. The lowest BCUT2D eigenvalue weighted by Gasteiger charge is -2.14. The Morgan fingerprint density at radius 3 is 2.74 bits per heavy atom. The second-order valence-corrected chi connectivity index (χ2v) is 6.05. The Bertz CT molecular complexity index is 713.